The lowest BCUT2D eigenvalue weighted by molar-refractivity contribution is -0.133. The van der Waals surface area contributed by atoms with E-state index in [1.807, 2.05) is 24.5 Å². The minimum Gasteiger partial charge on any atom is -1.00 e. The van der Waals surface area contributed by atoms with Crippen molar-refractivity contribution in [3.05, 3.63) is 35.9 Å². The molecule has 0 saturated heterocycles. The molecule has 90 valence electrons. The quantitative estimate of drug-likeness (QED) is 0.682. The second-order valence-corrected chi connectivity index (χ2v) is 5.87. The van der Waals surface area contributed by atoms with Crippen LogP contribution < -0.4 is 17.0 Å². The zero-order valence-electron chi connectivity index (χ0n) is 9.36. The van der Waals surface area contributed by atoms with Crippen LogP contribution in [0.3, 0.4) is 0 Å². The zero-order chi connectivity index (χ0) is 11.1. The van der Waals surface area contributed by atoms with E-state index in [2.05, 4.69) is 12.1 Å². The average Bonchev–Trinajstić information content (AvgIpc) is 2.18. The first-order valence-electron chi connectivity index (χ1n) is 5.03. The summed E-state index contributed by atoms with van der Waals surface area (Å²) in [5, 5.41) is 8.61. The van der Waals surface area contributed by atoms with E-state index in [1.165, 1.54) is 5.56 Å². The van der Waals surface area contributed by atoms with Crippen molar-refractivity contribution < 1.29 is 26.9 Å². The van der Waals surface area contributed by atoms with Gasteiger partial charge in [-0.05, 0) is 29.3 Å². The lowest BCUT2D eigenvalue weighted by Crippen LogP contribution is -3.00. The van der Waals surface area contributed by atoms with Crippen LogP contribution in [-0.4, -0.2) is 28.8 Å². The Morgan fingerprint density at radius 3 is 2.50 bits per heavy atom. The molecule has 0 aliphatic rings. The van der Waals surface area contributed by atoms with Gasteiger partial charge >= 0.3 is 5.97 Å². The Hall–Kier alpha value is -0.480. The highest BCUT2D eigenvalue weighted by Crippen LogP contribution is 2.04. The first-order chi connectivity index (χ1) is 7.18. The molecule has 1 unspecified atom stereocenters. The molecule has 0 amide bonds. The van der Waals surface area contributed by atoms with Crippen LogP contribution in [0.25, 0.3) is 0 Å². The van der Waals surface area contributed by atoms with Gasteiger partial charge in [-0.2, -0.15) is 0 Å². The van der Waals surface area contributed by atoms with Crippen molar-refractivity contribution >= 4 is 16.9 Å². The molecule has 0 radical (unpaired) electrons. The molecule has 0 bridgehead atoms. The molecule has 0 aliphatic heterocycles. The summed E-state index contributed by atoms with van der Waals surface area (Å²) in [5.41, 5.74) is 1.34. The van der Waals surface area contributed by atoms with Crippen LogP contribution in [0.5, 0.6) is 0 Å². The van der Waals surface area contributed by atoms with E-state index in [1.54, 1.807) is 0 Å². The highest BCUT2D eigenvalue weighted by atomic mass is 79.9. The first kappa shape index (κ1) is 15.5. The number of carbonyl (C=O) groups is 1. The molecule has 1 N–H and O–H groups in total. The zero-order valence-corrected chi connectivity index (χ0v) is 11.8. The first-order valence-corrected chi connectivity index (χ1v) is 7.00. The molecule has 0 aromatic heterocycles. The summed E-state index contributed by atoms with van der Waals surface area (Å²) in [6.07, 6.45) is 4.16. The van der Waals surface area contributed by atoms with Crippen LogP contribution in [0.4, 0.5) is 0 Å². The second-order valence-electron chi connectivity index (χ2n) is 3.61. The lowest BCUT2D eigenvalue weighted by atomic mass is 10.1. The number of rotatable bonds is 6. The third-order valence-electron chi connectivity index (χ3n) is 2.17. The van der Waals surface area contributed by atoms with Gasteiger partial charge in [0.25, 0.3) is 0 Å². The summed E-state index contributed by atoms with van der Waals surface area (Å²) in [5.74, 6) is 0.649. The van der Waals surface area contributed by atoms with Gasteiger partial charge in [0.15, 0.2) is 0 Å². The molecule has 0 aliphatic carbocycles. The number of carboxylic acid groups (broad SMARTS) is 1. The van der Waals surface area contributed by atoms with Crippen molar-refractivity contribution in [1.82, 2.24) is 0 Å². The monoisotopic (exact) mass is 304 g/mol. The van der Waals surface area contributed by atoms with E-state index >= 15 is 0 Å². The van der Waals surface area contributed by atoms with E-state index < -0.39 is 5.97 Å². The van der Waals surface area contributed by atoms with E-state index in [0.717, 1.165) is 18.6 Å². The maximum atomic E-state index is 10.4. The Kier molecular flexibility index (Phi) is 8.39. The van der Waals surface area contributed by atoms with E-state index in [9.17, 15) is 4.79 Å². The van der Waals surface area contributed by atoms with Crippen molar-refractivity contribution in [2.24, 2.45) is 0 Å². The number of halogens is 1. The number of aryl methyl sites for hydroxylation is 1. The fourth-order valence-electron chi connectivity index (χ4n) is 1.45. The minimum absolute atomic E-state index is 0. The van der Waals surface area contributed by atoms with Gasteiger partial charge in [0, 0.05) is 0 Å². The van der Waals surface area contributed by atoms with Crippen molar-refractivity contribution in [1.29, 1.82) is 0 Å². The SMILES string of the molecule is C[S+](CCCc1ccccc1)CC(=O)O.[Br-]. The second kappa shape index (κ2) is 8.65. The molecule has 2 nitrogen and oxygen atoms in total. The third-order valence-corrected chi connectivity index (χ3v) is 3.90. The molecule has 1 aromatic carbocycles. The summed E-state index contributed by atoms with van der Waals surface area (Å²) < 4.78 is 0. The van der Waals surface area contributed by atoms with Crippen LogP contribution in [-0.2, 0) is 22.1 Å². The predicted molar refractivity (Wildman–Crippen MR) is 65.4 cm³/mol. The van der Waals surface area contributed by atoms with E-state index in [4.69, 9.17) is 5.11 Å². The number of carboxylic acids is 1. The predicted octanol–water partition coefficient (Wildman–Crippen LogP) is -1.04. The van der Waals surface area contributed by atoms with Gasteiger partial charge in [0.1, 0.15) is 5.75 Å². The number of aliphatic carboxylic acids is 1. The fraction of sp³-hybridized carbons (Fsp3) is 0.417. The average molecular weight is 305 g/mol. The van der Waals surface area contributed by atoms with Gasteiger partial charge in [-0.3, -0.25) is 0 Å². The van der Waals surface area contributed by atoms with Crippen LogP contribution in [0.1, 0.15) is 12.0 Å². The summed E-state index contributed by atoms with van der Waals surface area (Å²) in [7, 11) is 0.0267. The topological polar surface area (TPSA) is 37.3 Å². The number of hydrogen-bond acceptors (Lipinski definition) is 1. The summed E-state index contributed by atoms with van der Waals surface area (Å²) >= 11 is 0. The van der Waals surface area contributed by atoms with Gasteiger partial charge < -0.3 is 22.1 Å². The van der Waals surface area contributed by atoms with E-state index in [-0.39, 0.29) is 27.9 Å². The highest BCUT2D eigenvalue weighted by Gasteiger charge is 2.15. The van der Waals surface area contributed by atoms with Crippen LogP contribution in [0, 0.1) is 0 Å². The van der Waals surface area contributed by atoms with Gasteiger partial charge in [0.2, 0.25) is 5.75 Å². The molecule has 1 rings (SSSR count). The maximum absolute atomic E-state index is 10.4. The Morgan fingerprint density at radius 2 is 1.94 bits per heavy atom. The van der Waals surface area contributed by atoms with Crippen LogP contribution in [0.15, 0.2) is 30.3 Å². The van der Waals surface area contributed by atoms with Gasteiger partial charge in [-0.25, -0.2) is 4.79 Å². The summed E-state index contributed by atoms with van der Waals surface area (Å²) in [6, 6.07) is 10.3. The standard InChI is InChI=1S/C12H16O2S.BrH/c1-15(10-12(13)14)9-5-8-11-6-3-2-4-7-11;/h2-4,6-7H,5,8-10H2,1H3;1H. The van der Waals surface area contributed by atoms with Gasteiger partial charge in [0.05, 0.1) is 6.26 Å². The Bertz CT molecular complexity index is 303. The Balaban J connectivity index is 0.00000225. The van der Waals surface area contributed by atoms with Crippen LogP contribution in [0.2, 0.25) is 0 Å². The van der Waals surface area contributed by atoms with Crippen molar-refractivity contribution in [3.8, 4) is 0 Å². The van der Waals surface area contributed by atoms with Gasteiger partial charge in [-0.15, -0.1) is 0 Å². The molecule has 0 saturated carbocycles. The molecular formula is C12H17BrO2S. The van der Waals surface area contributed by atoms with Crippen molar-refractivity contribution in [2.45, 2.75) is 12.8 Å². The summed E-state index contributed by atoms with van der Waals surface area (Å²) in [6.45, 7) is 0. The number of benzene rings is 1. The molecule has 1 atom stereocenters. The maximum Gasteiger partial charge on any atom is 0.353 e. The normalized spacial score (nSPS) is 11.6. The Labute approximate surface area is 110 Å². The van der Waals surface area contributed by atoms with Crippen molar-refractivity contribution in [3.63, 3.8) is 0 Å². The lowest BCUT2D eigenvalue weighted by Gasteiger charge is -2.01. The molecule has 1 aromatic rings. The smallest absolute Gasteiger partial charge is 0.353 e. The molecule has 0 spiro atoms. The molecule has 16 heavy (non-hydrogen) atoms. The third kappa shape index (κ3) is 6.90. The molecule has 0 heterocycles. The molecule has 4 heteroatoms. The van der Waals surface area contributed by atoms with Crippen LogP contribution >= 0.6 is 0 Å². The van der Waals surface area contributed by atoms with Crippen molar-refractivity contribution in [2.75, 3.05) is 17.8 Å². The minimum atomic E-state index is -0.680. The fourth-order valence-corrected chi connectivity index (χ4v) is 2.65. The molecule has 0 fully saturated rings. The molecular weight excluding hydrogens is 288 g/mol. The van der Waals surface area contributed by atoms with Gasteiger partial charge in [-0.1, -0.05) is 30.3 Å². The Morgan fingerprint density at radius 1 is 1.31 bits per heavy atom. The summed E-state index contributed by atoms with van der Waals surface area (Å²) in [4.78, 5) is 10.4. The highest BCUT2D eigenvalue weighted by molar-refractivity contribution is 7.96. The largest absolute Gasteiger partial charge is 1.00 e. The van der Waals surface area contributed by atoms with E-state index in [0.29, 0.717) is 5.75 Å². The number of hydrogen-bond donors (Lipinski definition) is 1.